The van der Waals surface area contributed by atoms with Crippen molar-refractivity contribution in [3.8, 4) is 5.75 Å². The van der Waals surface area contributed by atoms with Gasteiger partial charge in [-0.15, -0.1) is 0 Å². The lowest BCUT2D eigenvalue weighted by Crippen LogP contribution is -2.18. The summed E-state index contributed by atoms with van der Waals surface area (Å²) in [4.78, 5) is 15.4. The van der Waals surface area contributed by atoms with Gasteiger partial charge in [0.15, 0.2) is 6.61 Å². The second kappa shape index (κ2) is 7.66. The molecule has 0 bridgehead atoms. The molecule has 0 unspecified atom stereocenters. The molecule has 1 heterocycles. The normalized spacial score (nSPS) is 10.2. The number of carbonyl (C=O) groups is 1. The maximum absolute atomic E-state index is 11.0. The van der Waals surface area contributed by atoms with E-state index in [2.05, 4.69) is 22.0 Å². The zero-order chi connectivity index (χ0) is 13.4. The lowest BCUT2D eigenvalue weighted by atomic mass is 10.2. The van der Waals surface area contributed by atoms with E-state index in [0.717, 1.165) is 24.4 Å². The molecule has 1 rings (SSSR count). The molecule has 1 N–H and O–H groups in total. The first-order chi connectivity index (χ1) is 8.67. The van der Waals surface area contributed by atoms with Gasteiger partial charge < -0.3 is 14.8 Å². The number of methoxy groups -OCH3 is 1. The Morgan fingerprint density at radius 3 is 2.89 bits per heavy atom. The fraction of sp³-hybridized carbons (Fsp3) is 0.538. The SMILES string of the molecule is CCCNCc1nc(C)ccc1OCC(=O)OC. The van der Waals surface area contributed by atoms with Crippen LogP contribution in [0.1, 0.15) is 24.7 Å². The van der Waals surface area contributed by atoms with Crippen molar-refractivity contribution in [3.05, 3.63) is 23.5 Å². The van der Waals surface area contributed by atoms with E-state index in [4.69, 9.17) is 4.74 Å². The highest BCUT2D eigenvalue weighted by Gasteiger charge is 2.08. The number of hydrogen-bond acceptors (Lipinski definition) is 5. The minimum atomic E-state index is -0.400. The van der Waals surface area contributed by atoms with Gasteiger partial charge in [-0.1, -0.05) is 6.92 Å². The van der Waals surface area contributed by atoms with E-state index >= 15 is 0 Å². The molecule has 1 aromatic heterocycles. The second-order valence-corrected chi connectivity index (χ2v) is 3.94. The number of nitrogens with zero attached hydrogens (tertiary/aromatic N) is 1. The number of ether oxygens (including phenoxy) is 2. The first kappa shape index (κ1) is 14.4. The van der Waals surface area contributed by atoms with Crippen LogP contribution >= 0.6 is 0 Å². The van der Waals surface area contributed by atoms with Gasteiger partial charge in [0.25, 0.3) is 0 Å². The average Bonchev–Trinajstić information content (AvgIpc) is 2.37. The molecule has 0 atom stereocenters. The van der Waals surface area contributed by atoms with Gasteiger partial charge in [-0.3, -0.25) is 4.98 Å². The van der Waals surface area contributed by atoms with Gasteiger partial charge in [-0.25, -0.2) is 4.79 Å². The van der Waals surface area contributed by atoms with Gasteiger partial charge in [0, 0.05) is 12.2 Å². The van der Waals surface area contributed by atoms with Crippen LogP contribution in [-0.4, -0.2) is 31.2 Å². The van der Waals surface area contributed by atoms with Crippen molar-refractivity contribution in [2.75, 3.05) is 20.3 Å². The molecule has 100 valence electrons. The van der Waals surface area contributed by atoms with Crippen LogP contribution < -0.4 is 10.1 Å². The molecule has 0 radical (unpaired) electrons. The Kier molecular flexibility index (Phi) is 6.14. The van der Waals surface area contributed by atoms with E-state index in [9.17, 15) is 4.79 Å². The van der Waals surface area contributed by atoms with E-state index < -0.39 is 5.97 Å². The van der Waals surface area contributed by atoms with Crippen molar-refractivity contribution < 1.29 is 14.3 Å². The molecule has 5 heteroatoms. The molecule has 0 aliphatic rings. The third kappa shape index (κ3) is 4.71. The molecule has 5 nitrogen and oxygen atoms in total. The van der Waals surface area contributed by atoms with Crippen LogP contribution in [0.4, 0.5) is 0 Å². The molecule has 1 aromatic rings. The van der Waals surface area contributed by atoms with Crippen molar-refractivity contribution >= 4 is 5.97 Å². The van der Waals surface area contributed by atoms with Crippen LogP contribution in [0.25, 0.3) is 0 Å². The van der Waals surface area contributed by atoms with Crippen LogP contribution in [0.5, 0.6) is 5.75 Å². The summed E-state index contributed by atoms with van der Waals surface area (Å²) in [6.45, 7) is 5.48. The fourth-order valence-corrected chi connectivity index (χ4v) is 1.43. The Labute approximate surface area is 108 Å². The Balaban J connectivity index is 2.66. The van der Waals surface area contributed by atoms with E-state index in [0.29, 0.717) is 12.3 Å². The minimum Gasteiger partial charge on any atom is -0.480 e. The van der Waals surface area contributed by atoms with Crippen molar-refractivity contribution in [3.63, 3.8) is 0 Å². The van der Waals surface area contributed by atoms with E-state index in [1.165, 1.54) is 7.11 Å². The molecule has 0 saturated carbocycles. The van der Waals surface area contributed by atoms with Crippen molar-refractivity contribution in [2.24, 2.45) is 0 Å². The first-order valence-corrected chi connectivity index (χ1v) is 6.04. The average molecular weight is 252 g/mol. The number of hydrogen-bond donors (Lipinski definition) is 1. The highest BCUT2D eigenvalue weighted by Crippen LogP contribution is 2.16. The fourth-order valence-electron chi connectivity index (χ4n) is 1.43. The molecule has 0 saturated heterocycles. The maximum atomic E-state index is 11.0. The smallest absolute Gasteiger partial charge is 0.343 e. The Hall–Kier alpha value is -1.62. The zero-order valence-electron chi connectivity index (χ0n) is 11.2. The van der Waals surface area contributed by atoms with Crippen molar-refractivity contribution in [2.45, 2.75) is 26.8 Å². The summed E-state index contributed by atoms with van der Waals surface area (Å²) in [5.41, 5.74) is 1.74. The minimum absolute atomic E-state index is 0.0952. The van der Waals surface area contributed by atoms with Gasteiger partial charge in [0.1, 0.15) is 5.75 Å². The lowest BCUT2D eigenvalue weighted by Gasteiger charge is -2.11. The number of aryl methyl sites for hydroxylation is 1. The lowest BCUT2D eigenvalue weighted by molar-refractivity contribution is -0.142. The van der Waals surface area contributed by atoms with Crippen LogP contribution in [0, 0.1) is 6.92 Å². The standard InChI is InChI=1S/C13H20N2O3/c1-4-7-14-8-11-12(6-5-10(2)15-11)18-9-13(16)17-3/h5-6,14H,4,7-9H2,1-3H3. The zero-order valence-corrected chi connectivity index (χ0v) is 11.2. The highest BCUT2D eigenvalue weighted by atomic mass is 16.6. The predicted octanol–water partition coefficient (Wildman–Crippen LogP) is 1.44. The monoisotopic (exact) mass is 252 g/mol. The molecule has 0 aliphatic carbocycles. The van der Waals surface area contributed by atoms with Crippen LogP contribution in [-0.2, 0) is 16.1 Å². The summed E-state index contributed by atoms with van der Waals surface area (Å²) in [7, 11) is 1.34. The molecule has 0 amide bonds. The van der Waals surface area contributed by atoms with Crippen LogP contribution in [0.15, 0.2) is 12.1 Å². The summed E-state index contributed by atoms with van der Waals surface area (Å²) < 4.78 is 9.93. The highest BCUT2D eigenvalue weighted by molar-refractivity contribution is 5.70. The summed E-state index contributed by atoms with van der Waals surface area (Å²) in [6, 6.07) is 3.68. The predicted molar refractivity (Wildman–Crippen MR) is 68.5 cm³/mol. The van der Waals surface area contributed by atoms with Gasteiger partial charge in [-0.05, 0) is 32.0 Å². The molecule has 0 aliphatic heterocycles. The summed E-state index contributed by atoms with van der Waals surface area (Å²) in [5, 5.41) is 3.26. The van der Waals surface area contributed by atoms with E-state index in [-0.39, 0.29) is 6.61 Å². The quantitative estimate of drug-likeness (QED) is 0.588. The van der Waals surface area contributed by atoms with Crippen molar-refractivity contribution in [1.82, 2.24) is 10.3 Å². The number of carbonyl (C=O) groups excluding carboxylic acids is 1. The maximum Gasteiger partial charge on any atom is 0.343 e. The molecular formula is C13H20N2O3. The number of esters is 1. The number of aromatic nitrogens is 1. The Bertz CT molecular complexity index is 394. The molecule has 0 spiro atoms. The van der Waals surface area contributed by atoms with Gasteiger partial charge in [-0.2, -0.15) is 0 Å². The summed E-state index contributed by atoms with van der Waals surface area (Å²) >= 11 is 0. The second-order valence-electron chi connectivity index (χ2n) is 3.94. The third-order valence-corrected chi connectivity index (χ3v) is 2.36. The Morgan fingerprint density at radius 1 is 1.44 bits per heavy atom. The largest absolute Gasteiger partial charge is 0.480 e. The van der Waals surface area contributed by atoms with E-state index in [1.807, 2.05) is 19.1 Å². The van der Waals surface area contributed by atoms with Crippen LogP contribution in [0.2, 0.25) is 0 Å². The molecular weight excluding hydrogens is 232 g/mol. The van der Waals surface area contributed by atoms with Gasteiger partial charge in [0.05, 0.1) is 12.8 Å². The van der Waals surface area contributed by atoms with Crippen molar-refractivity contribution in [1.29, 1.82) is 0 Å². The third-order valence-electron chi connectivity index (χ3n) is 2.36. The topological polar surface area (TPSA) is 60.5 Å². The summed E-state index contributed by atoms with van der Waals surface area (Å²) in [6.07, 6.45) is 1.06. The number of pyridine rings is 1. The molecule has 0 fully saturated rings. The van der Waals surface area contributed by atoms with Gasteiger partial charge >= 0.3 is 5.97 Å². The van der Waals surface area contributed by atoms with E-state index in [1.54, 1.807) is 0 Å². The number of nitrogens with one attached hydrogen (secondary N) is 1. The molecule has 18 heavy (non-hydrogen) atoms. The van der Waals surface area contributed by atoms with Crippen LogP contribution in [0.3, 0.4) is 0 Å². The van der Waals surface area contributed by atoms with Gasteiger partial charge in [0.2, 0.25) is 0 Å². The first-order valence-electron chi connectivity index (χ1n) is 6.04. The molecule has 0 aromatic carbocycles. The number of rotatable bonds is 7. The Morgan fingerprint density at radius 2 is 2.22 bits per heavy atom. The summed E-state index contributed by atoms with van der Waals surface area (Å²) in [5.74, 6) is 0.220.